The van der Waals surface area contributed by atoms with E-state index in [9.17, 15) is 0 Å². The number of nitrogens with zero attached hydrogens (tertiary/aromatic N) is 3. The third kappa shape index (κ3) is 3.04. The fraction of sp³-hybridized carbons (Fsp3) is 0.727. The highest BCUT2D eigenvalue weighted by Crippen LogP contribution is 2.01. The van der Waals surface area contributed by atoms with Crippen molar-refractivity contribution in [2.45, 2.75) is 26.4 Å². The van der Waals surface area contributed by atoms with Crippen LogP contribution in [0.2, 0.25) is 0 Å². The molecule has 2 heterocycles. The monoisotopic (exact) mass is 224 g/mol. The quantitative estimate of drug-likeness (QED) is 0.796. The number of rotatable bonds is 5. The fourth-order valence-corrected chi connectivity index (χ4v) is 1.85. The molecule has 0 bridgehead atoms. The highest BCUT2D eigenvalue weighted by molar-refractivity contribution is 4.97. The van der Waals surface area contributed by atoms with Gasteiger partial charge in [0.05, 0.1) is 31.8 Å². The number of ether oxygens (including phenoxy) is 1. The lowest BCUT2D eigenvalue weighted by Gasteiger charge is -2.27. The molecule has 1 aliphatic rings. The molecule has 5 nitrogen and oxygen atoms in total. The first-order valence-corrected chi connectivity index (χ1v) is 5.95. The first-order valence-electron chi connectivity index (χ1n) is 5.95. The van der Waals surface area contributed by atoms with Gasteiger partial charge in [0, 0.05) is 25.8 Å². The second kappa shape index (κ2) is 5.98. The average molecular weight is 224 g/mol. The lowest BCUT2D eigenvalue weighted by Crippen LogP contribution is -2.45. The largest absolute Gasteiger partial charge is 0.379 e. The summed E-state index contributed by atoms with van der Waals surface area (Å²) >= 11 is 0. The van der Waals surface area contributed by atoms with Crippen LogP contribution >= 0.6 is 0 Å². The molecule has 1 fully saturated rings. The number of nitrogens with one attached hydrogen (secondary N) is 1. The molecule has 16 heavy (non-hydrogen) atoms. The van der Waals surface area contributed by atoms with Crippen LogP contribution in [-0.2, 0) is 17.8 Å². The lowest BCUT2D eigenvalue weighted by molar-refractivity contribution is 0.0102. The third-order valence-electron chi connectivity index (χ3n) is 2.76. The molecule has 2 rings (SSSR count). The van der Waals surface area contributed by atoms with E-state index in [1.54, 1.807) is 0 Å². The molecule has 1 saturated heterocycles. The van der Waals surface area contributed by atoms with Gasteiger partial charge in [-0.2, -0.15) is 0 Å². The van der Waals surface area contributed by atoms with Crippen molar-refractivity contribution in [3.63, 3.8) is 0 Å². The molecule has 1 aliphatic heterocycles. The Balaban J connectivity index is 1.81. The van der Waals surface area contributed by atoms with E-state index < -0.39 is 0 Å². The van der Waals surface area contributed by atoms with E-state index >= 15 is 0 Å². The highest BCUT2D eigenvalue weighted by atomic mass is 16.5. The topological polar surface area (TPSA) is 42.3 Å². The molecule has 1 aromatic heterocycles. The van der Waals surface area contributed by atoms with Crippen molar-refractivity contribution < 1.29 is 4.74 Å². The zero-order valence-electron chi connectivity index (χ0n) is 9.85. The molecular formula is C11H20N4O. The van der Waals surface area contributed by atoms with Gasteiger partial charge in [0.1, 0.15) is 0 Å². The molecule has 1 aromatic rings. The van der Waals surface area contributed by atoms with E-state index in [0.717, 1.165) is 45.8 Å². The van der Waals surface area contributed by atoms with Crippen LogP contribution in [-0.4, -0.2) is 40.9 Å². The summed E-state index contributed by atoms with van der Waals surface area (Å²) in [7, 11) is 0. The lowest BCUT2D eigenvalue weighted by atomic mass is 10.4. The van der Waals surface area contributed by atoms with Gasteiger partial charge < -0.3 is 9.30 Å². The summed E-state index contributed by atoms with van der Waals surface area (Å²) in [5.41, 5.74) is 4.66. The number of hydrogen-bond donors (Lipinski definition) is 1. The minimum atomic E-state index is 0.821. The summed E-state index contributed by atoms with van der Waals surface area (Å²) in [6.45, 7) is 7.63. The van der Waals surface area contributed by atoms with Gasteiger partial charge >= 0.3 is 0 Å². The number of imidazole rings is 1. The van der Waals surface area contributed by atoms with Gasteiger partial charge in [-0.1, -0.05) is 6.92 Å². The van der Waals surface area contributed by atoms with Gasteiger partial charge in [-0.15, -0.1) is 0 Å². The molecule has 5 heteroatoms. The molecular weight excluding hydrogens is 204 g/mol. The molecule has 90 valence electrons. The summed E-state index contributed by atoms with van der Waals surface area (Å²) in [5, 5.41) is 2.22. The second-order valence-electron chi connectivity index (χ2n) is 4.01. The van der Waals surface area contributed by atoms with Crippen LogP contribution in [0, 0.1) is 0 Å². The van der Waals surface area contributed by atoms with Gasteiger partial charge in [-0.05, 0) is 6.42 Å². The van der Waals surface area contributed by atoms with Crippen molar-refractivity contribution in [3.8, 4) is 0 Å². The second-order valence-corrected chi connectivity index (χ2v) is 4.01. The molecule has 0 aromatic carbocycles. The van der Waals surface area contributed by atoms with Crippen molar-refractivity contribution in [3.05, 3.63) is 18.2 Å². The summed E-state index contributed by atoms with van der Waals surface area (Å²) in [6, 6.07) is 0. The Kier molecular flexibility index (Phi) is 4.33. The summed E-state index contributed by atoms with van der Waals surface area (Å²) in [5.74, 6) is 0. The van der Waals surface area contributed by atoms with Crippen molar-refractivity contribution in [1.82, 2.24) is 20.0 Å². The molecule has 0 spiro atoms. The van der Waals surface area contributed by atoms with Crippen molar-refractivity contribution in [1.29, 1.82) is 0 Å². The maximum Gasteiger partial charge on any atom is 0.0948 e. The number of morpholine rings is 1. The van der Waals surface area contributed by atoms with E-state index in [4.69, 9.17) is 4.74 Å². The predicted octanol–water partition coefficient (Wildman–Crippen LogP) is 0.630. The van der Waals surface area contributed by atoms with E-state index in [1.807, 2.05) is 12.5 Å². The zero-order valence-corrected chi connectivity index (χ0v) is 9.85. The van der Waals surface area contributed by atoms with E-state index in [1.165, 1.54) is 5.69 Å². The summed E-state index contributed by atoms with van der Waals surface area (Å²) < 4.78 is 7.50. The van der Waals surface area contributed by atoms with Crippen molar-refractivity contribution >= 4 is 0 Å². The summed E-state index contributed by atoms with van der Waals surface area (Å²) in [6.07, 6.45) is 4.98. The Morgan fingerprint density at radius 1 is 1.44 bits per heavy atom. The minimum Gasteiger partial charge on any atom is -0.379 e. The molecule has 0 radical (unpaired) electrons. The first-order chi connectivity index (χ1) is 7.90. The van der Waals surface area contributed by atoms with Crippen LogP contribution < -0.4 is 5.43 Å². The smallest absolute Gasteiger partial charge is 0.0948 e. The predicted molar refractivity (Wildman–Crippen MR) is 61.7 cm³/mol. The summed E-state index contributed by atoms with van der Waals surface area (Å²) in [4.78, 5) is 4.18. The SMILES string of the molecule is CCCn1cncc1CNN1CCOCC1. The van der Waals surface area contributed by atoms with Crippen LogP contribution in [0.1, 0.15) is 19.0 Å². The molecule has 0 atom stereocenters. The van der Waals surface area contributed by atoms with Crippen LogP contribution in [0.3, 0.4) is 0 Å². The standard InChI is InChI=1S/C11H20N4O/c1-2-3-14-10-12-8-11(14)9-13-15-4-6-16-7-5-15/h8,10,13H,2-7,9H2,1H3. The van der Waals surface area contributed by atoms with Gasteiger partial charge in [-0.3, -0.25) is 0 Å². The number of aryl methyl sites for hydroxylation is 1. The van der Waals surface area contributed by atoms with Crippen LogP contribution in [0.4, 0.5) is 0 Å². The maximum atomic E-state index is 5.30. The van der Waals surface area contributed by atoms with Crippen molar-refractivity contribution in [2.75, 3.05) is 26.3 Å². The minimum absolute atomic E-state index is 0.821. The molecule has 0 unspecified atom stereocenters. The van der Waals surface area contributed by atoms with Crippen LogP contribution in [0.15, 0.2) is 12.5 Å². The van der Waals surface area contributed by atoms with Crippen molar-refractivity contribution in [2.24, 2.45) is 0 Å². The zero-order chi connectivity index (χ0) is 11.2. The number of aromatic nitrogens is 2. The Morgan fingerprint density at radius 2 is 2.25 bits per heavy atom. The fourth-order valence-electron chi connectivity index (χ4n) is 1.85. The molecule has 0 saturated carbocycles. The van der Waals surface area contributed by atoms with Gasteiger partial charge in [0.15, 0.2) is 0 Å². The number of hydrazine groups is 1. The molecule has 0 amide bonds. The van der Waals surface area contributed by atoms with E-state index in [0.29, 0.717) is 0 Å². The Hall–Kier alpha value is -0.910. The van der Waals surface area contributed by atoms with Crippen LogP contribution in [0.25, 0.3) is 0 Å². The number of hydrogen-bond acceptors (Lipinski definition) is 4. The van der Waals surface area contributed by atoms with Gasteiger partial charge in [0.25, 0.3) is 0 Å². The first kappa shape index (κ1) is 11.6. The Bertz CT molecular complexity index is 307. The molecule has 1 N–H and O–H groups in total. The molecule has 0 aliphatic carbocycles. The normalized spacial score (nSPS) is 17.8. The average Bonchev–Trinajstić information content (AvgIpc) is 2.76. The Morgan fingerprint density at radius 3 is 3.00 bits per heavy atom. The third-order valence-corrected chi connectivity index (χ3v) is 2.76. The van der Waals surface area contributed by atoms with Crippen LogP contribution in [0.5, 0.6) is 0 Å². The highest BCUT2D eigenvalue weighted by Gasteiger charge is 2.10. The van der Waals surface area contributed by atoms with E-state index in [-0.39, 0.29) is 0 Å². The van der Waals surface area contributed by atoms with E-state index in [2.05, 4.69) is 26.9 Å². The maximum absolute atomic E-state index is 5.30. The van der Waals surface area contributed by atoms with Gasteiger partial charge in [0.2, 0.25) is 0 Å². The Labute approximate surface area is 96.4 Å². The van der Waals surface area contributed by atoms with Gasteiger partial charge in [-0.25, -0.2) is 15.4 Å².